The zero-order valence-electron chi connectivity index (χ0n) is 11.7. The number of anilines is 2. The second-order valence-corrected chi connectivity index (χ2v) is 4.72. The summed E-state index contributed by atoms with van der Waals surface area (Å²) >= 11 is 0. The number of carbonyl (C=O) groups is 1. The monoisotopic (exact) mass is 288 g/mol. The van der Waals surface area contributed by atoms with E-state index in [1.165, 1.54) is 6.20 Å². The molecule has 0 aromatic carbocycles. The van der Waals surface area contributed by atoms with Gasteiger partial charge in [0.15, 0.2) is 5.82 Å². The quantitative estimate of drug-likeness (QED) is 0.819. The minimum Gasteiger partial charge on any atom is -0.462 e. The first-order chi connectivity index (χ1) is 10.2. The van der Waals surface area contributed by atoms with Crippen molar-refractivity contribution in [3.63, 3.8) is 0 Å². The zero-order valence-corrected chi connectivity index (χ0v) is 11.7. The molecule has 1 aliphatic heterocycles. The molecule has 0 saturated carbocycles. The van der Waals surface area contributed by atoms with Crippen LogP contribution in [0.3, 0.4) is 0 Å². The third-order valence-corrected chi connectivity index (χ3v) is 3.32. The topological polar surface area (TPSA) is 99.2 Å². The van der Waals surface area contributed by atoms with Crippen LogP contribution < -0.4 is 10.6 Å². The van der Waals surface area contributed by atoms with Crippen LogP contribution in [0.4, 0.5) is 11.5 Å². The fraction of sp³-hybridized carbons (Fsp3) is 0.385. The van der Waals surface area contributed by atoms with Crippen LogP contribution in [0.5, 0.6) is 0 Å². The van der Waals surface area contributed by atoms with Crippen molar-refractivity contribution in [2.45, 2.75) is 20.0 Å². The normalized spacial score (nSPS) is 13.9. The summed E-state index contributed by atoms with van der Waals surface area (Å²) in [5.74, 6) is 0.992. The number of hydrogen-bond acceptors (Lipinski definition) is 7. The summed E-state index contributed by atoms with van der Waals surface area (Å²) in [6.07, 6.45) is 3.24. The maximum absolute atomic E-state index is 12.1. The second kappa shape index (κ2) is 5.39. The number of hydrogen-bond donors (Lipinski definition) is 1. The first-order valence-electron chi connectivity index (χ1n) is 6.73. The summed E-state index contributed by atoms with van der Waals surface area (Å²) in [7, 11) is 0. The van der Waals surface area contributed by atoms with Gasteiger partial charge in [-0.05, 0) is 13.0 Å². The molecule has 8 heteroatoms. The Hall–Kier alpha value is -2.64. The Balaban J connectivity index is 1.93. The minimum atomic E-state index is -0.417. The average molecular weight is 288 g/mol. The van der Waals surface area contributed by atoms with Crippen LogP contribution in [0, 0.1) is 0 Å². The second-order valence-electron chi connectivity index (χ2n) is 4.72. The molecule has 0 aliphatic carbocycles. The van der Waals surface area contributed by atoms with E-state index in [1.54, 1.807) is 19.3 Å². The number of esters is 1. The molecule has 2 aromatic heterocycles. The van der Waals surface area contributed by atoms with Gasteiger partial charge in [-0.15, -0.1) is 10.2 Å². The van der Waals surface area contributed by atoms with Gasteiger partial charge in [0.2, 0.25) is 0 Å². The predicted molar refractivity (Wildman–Crippen MR) is 75.7 cm³/mol. The summed E-state index contributed by atoms with van der Waals surface area (Å²) < 4.78 is 7.06. The standard InChI is InChI=1S/C13H16N6O2/c1-2-21-13(20)10-5-9(14)6-15-12(10)18-3-4-19-8-16-17-11(19)7-18/h5-6,8H,2-4,7,14H2,1H3. The van der Waals surface area contributed by atoms with Crippen molar-refractivity contribution in [3.05, 3.63) is 30.0 Å². The van der Waals surface area contributed by atoms with E-state index in [0.29, 0.717) is 36.8 Å². The molecule has 8 nitrogen and oxygen atoms in total. The molecular formula is C13H16N6O2. The number of carbonyl (C=O) groups excluding carboxylic acids is 1. The Morgan fingerprint density at radius 2 is 2.33 bits per heavy atom. The van der Waals surface area contributed by atoms with Crippen molar-refractivity contribution in [2.24, 2.45) is 0 Å². The summed E-state index contributed by atoms with van der Waals surface area (Å²) in [4.78, 5) is 18.4. The number of rotatable bonds is 3. The largest absolute Gasteiger partial charge is 0.462 e. The number of nitrogen functional groups attached to an aromatic ring is 1. The molecular weight excluding hydrogens is 272 g/mol. The highest BCUT2D eigenvalue weighted by atomic mass is 16.5. The van der Waals surface area contributed by atoms with Crippen LogP contribution in [0.15, 0.2) is 18.6 Å². The van der Waals surface area contributed by atoms with Gasteiger partial charge in [-0.25, -0.2) is 9.78 Å². The first kappa shape index (κ1) is 13.3. The SMILES string of the molecule is CCOC(=O)c1cc(N)cnc1N1CCn2cnnc2C1. The van der Waals surface area contributed by atoms with Crippen LogP contribution in [0.1, 0.15) is 23.1 Å². The Morgan fingerprint density at radius 3 is 3.14 bits per heavy atom. The van der Waals surface area contributed by atoms with E-state index >= 15 is 0 Å². The van der Waals surface area contributed by atoms with E-state index < -0.39 is 5.97 Å². The van der Waals surface area contributed by atoms with E-state index in [4.69, 9.17) is 10.5 Å². The highest BCUT2D eigenvalue weighted by Gasteiger charge is 2.24. The molecule has 3 heterocycles. The molecule has 0 bridgehead atoms. The van der Waals surface area contributed by atoms with E-state index in [2.05, 4.69) is 15.2 Å². The zero-order chi connectivity index (χ0) is 14.8. The number of fused-ring (bicyclic) bond motifs is 1. The van der Waals surface area contributed by atoms with Gasteiger partial charge >= 0.3 is 5.97 Å². The van der Waals surface area contributed by atoms with Gasteiger partial charge in [0.05, 0.1) is 25.0 Å². The highest BCUT2D eigenvalue weighted by molar-refractivity contribution is 5.95. The van der Waals surface area contributed by atoms with Crippen LogP contribution in [-0.2, 0) is 17.8 Å². The Morgan fingerprint density at radius 1 is 1.48 bits per heavy atom. The highest BCUT2D eigenvalue weighted by Crippen LogP contribution is 2.24. The maximum Gasteiger partial charge on any atom is 0.341 e. The molecule has 2 aromatic rings. The van der Waals surface area contributed by atoms with Crippen molar-refractivity contribution in [1.82, 2.24) is 19.7 Å². The fourth-order valence-electron chi connectivity index (χ4n) is 2.33. The van der Waals surface area contributed by atoms with Crippen molar-refractivity contribution in [3.8, 4) is 0 Å². The predicted octanol–water partition coefficient (Wildman–Crippen LogP) is 0.452. The lowest BCUT2D eigenvalue weighted by Gasteiger charge is -2.29. The third-order valence-electron chi connectivity index (χ3n) is 3.32. The number of nitrogens with two attached hydrogens (primary N) is 1. The Bertz CT molecular complexity index is 668. The molecule has 0 atom stereocenters. The molecule has 0 spiro atoms. The van der Waals surface area contributed by atoms with Crippen LogP contribution in [0.25, 0.3) is 0 Å². The third kappa shape index (κ3) is 2.51. The molecule has 0 fully saturated rings. The number of pyridine rings is 1. The number of ether oxygens (including phenoxy) is 1. The van der Waals surface area contributed by atoms with Gasteiger partial charge in [0.1, 0.15) is 17.7 Å². The first-order valence-corrected chi connectivity index (χ1v) is 6.73. The van der Waals surface area contributed by atoms with E-state index in [9.17, 15) is 4.79 Å². The Kier molecular flexibility index (Phi) is 3.43. The van der Waals surface area contributed by atoms with Crippen molar-refractivity contribution in [1.29, 1.82) is 0 Å². The van der Waals surface area contributed by atoms with Crippen molar-refractivity contribution >= 4 is 17.5 Å². The lowest BCUT2D eigenvalue weighted by Crippen LogP contribution is -2.35. The van der Waals surface area contributed by atoms with Gasteiger partial charge in [-0.1, -0.05) is 0 Å². The van der Waals surface area contributed by atoms with E-state index in [1.807, 2.05) is 9.47 Å². The van der Waals surface area contributed by atoms with E-state index in [0.717, 1.165) is 12.4 Å². The smallest absolute Gasteiger partial charge is 0.341 e. The molecule has 0 amide bonds. The molecule has 2 N–H and O–H groups in total. The van der Waals surface area contributed by atoms with Crippen LogP contribution in [0.2, 0.25) is 0 Å². The summed E-state index contributed by atoms with van der Waals surface area (Å²) in [5.41, 5.74) is 6.55. The van der Waals surface area contributed by atoms with Crippen molar-refractivity contribution in [2.75, 3.05) is 23.8 Å². The minimum absolute atomic E-state index is 0.307. The molecule has 0 radical (unpaired) electrons. The van der Waals surface area contributed by atoms with Gasteiger partial charge in [-0.3, -0.25) is 0 Å². The average Bonchev–Trinajstić information content (AvgIpc) is 2.94. The number of nitrogens with zero attached hydrogens (tertiary/aromatic N) is 5. The van der Waals surface area contributed by atoms with Crippen molar-refractivity contribution < 1.29 is 9.53 Å². The van der Waals surface area contributed by atoms with Gasteiger partial charge in [0, 0.05) is 13.1 Å². The van der Waals surface area contributed by atoms with Crippen LogP contribution >= 0.6 is 0 Å². The molecule has 0 unspecified atom stereocenters. The van der Waals surface area contributed by atoms with Gasteiger partial charge in [-0.2, -0.15) is 0 Å². The fourth-order valence-corrected chi connectivity index (χ4v) is 2.33. The summed E-state index contributed by atoms with van der Waals surface area (Å²) in [5, 5.41) is 7.95. The molecule has 3 rings (SSSR count). The van der Waals surface area contributed by atoms with E-state index in [-0.39, 0.29) is 0 Å². The Labute approximate surface area is 121 Å². The molecule has 110 valence electrons. The lowest BCUT2D eigenvalue weighted by molar-refractivity contribution is 0.0526. The summed E-state index contributed by atoms with van der Waals surface area (Å²) in [6, 6.07) is 1.60. The molecule has 0 saturated heterocycles. The number of aromatic nitrogens is 4. The van der Waals surface area contributed by atoms with Gasteiger partial charge in [0.25, 0.3) is 0 Å². The molecule has 1 aliphatic rings. The maximum atomic E-state index is 12.1. The van der Waals surface area contributed by atoms with Gasteiger partial charge < -0.3 is 19.9 Å². The van der Waals surface area contributed by atoms with Crippen LogP contribution in [-0.4, -0.2) is 38.9 Å². The lowest BCUT2D eigenvalue weighted by atomic mass is 10.2. The molecule has 21 heavy (non-hydrogen) atoms. The summed E-state index contributed by atoms with van der Waals surface area (Å²) in [6.45, 7) is 4.08.